The Labute approximate surface area is 184 Å². The van der Waals surface area contributed by atoms with E-state index in [1.165, 1.54) is 6.07 Å². The summed E-state index contributed by atoms with van der Waals surface area (Å²) in [5.41, 5.74) is 9.19. The van der Waals surface area contributed by atoms with E-state index in [2.05, 4.69) is 10.3 Å². The maximum absolute atomic E-state index is 12.6. The van der Waals surface area contributed by atoms with Crippen LogP contribution in [0.1, 0.15) is 5.56 Å². The van der Waals surface area contributed by atoms with Gasteiger partial charge in [-0.2, -0.15) is 0 Å². The van der Waals surface area contributed by atoms with Crippen LogP contribution < -0.4 is 16.2 Å². The van der Waals surface area contributed by atoms with Crippen LogP contribution in [0.2, 0.25) is 0 Å². The van der Waals surface area contributed by atoms with Crippen LogP contribution in [-0.4, -0.2) is 29.7 Å². The minimum Gasteiger partial charge on any atom is -0.384 e. The van der Waals surface area contributed by atoms with Gasteiger partial charge >= 0.3 is 0 Å². The highest BCUT2D eigenvalue weighted by molar-refractivity contribution is 7.89. The first-order valence-electron chi connectivity index (χ1n) is 9.54. The number of benzene rings is 3. The summed E-state index contributed by atoms with van der Waals surface area (Å²) in [7, 11) is -3.87. The van der Waals surface area contributed by atoms with Crippen molar-refractivity contribution in [3.8, 4) is 11.1 Å². The van der Waals surface area contributed by atoms with Gasteiger partial charge in [0.2, 0.25) is 15.9 Å². The van der Waals surface area contributed by atoms with Crippen LogP contribution in [-0.2, 0) is 21.4 Å². The van der Waals surface area contributed by atoms with Gasteiger partial charge in [0.1, 0.15) is 12.4 Å². The summed E-state index contributed by atoms with van der Waals surface area (Å²) in [5.74, 6) is -0.330. The van der Waals surface area contributed by atoms with Crippen LogP contribution in [0.15, 0.2) is 78.0 Å². The third-order valence-corrected chi connectivity index (χ3v) is 5.89. The molecule has 1 aromatic heterocycles. The van der Waals surface area contributed by atoms with Gasteiger partial charge < -0.3 is 15.6 Å². The molecular formula is C22H20N6O3S. The van der Waals surface area contributed by atoms with Crippen molar-refractivity contribution in [1.29, 1.82) is 5.41 Å². The third-order valence-electron chi connectivity index (χ3n) is 4.92. The molecule has 0 saturated carbocycles. The number of carbonyl (C=O) groups is 1. The van der Waals surface area contributed by atoms with Crippen molar-refractivity contribution in [2.75, 3.05) is 5.32 Å². The number of anilines is 1. The Hall–Kier alpha value is -4.02. The highest BCUT2D eigenvalue weighted by Gasteiger charge is 2.15. The minimum absolute atomic E-state index is 0.0217. The number of nitrogens with one attached hydrogen (secondary N) is 2. The number of nitrogen functional groups attached to an aromatic ring is 1. The van der Waals surface area contributed by atoms with Crippen molar-refractivity contribution >= 4 is 38.5 Å². The molecule has 0 bridgehead atoms. The van der Waals surface area contributed by atoms with E-state index in [9.17, 15) is 13.2 Å². The molecule has 1 amide bonds. The maximum atomic E-state index is 12.6. The smallest absolute Gasteiger partial charge is 0.244 e. The third kappa shape index (κ3) is 4.36. The minimum atomic E-state index is -3.87. The zero-order chi connectivity index (χ0) is 22.9. The molecule has 0 fully saturated rings. The van der Waals surface area contributed by atoms with Crippen LogP contribution in [0, 0.1) is 5.41 Å². The number of primary sulfonamides is 1. The number of carbonyl (C=O) groups excluding carboxylic acids is 1. The summed E-state index contributed by atoms with van der Waals surface area (Å²) in [6, 6.07) is 18.4. The standard InChI is InChI=1S/C22H20N6O3S/c23-22(24)15-7-10-18-19(11-15)28(13-26-18)12-21(29)27-16-8-5-14(6-9-16)17-3-1-2-4-20(17)32(25,30)31/h1-11,13H,12H2,(H3,23,24)(H,27,29)(H2,25,30,31). The van der Waals surface area contributed by atoms with E-state index in [-0.39, 0.29) is 23.2 Å². The molecule has 0 aliphatic heterocycles. The highest BCUT2D eigenvalue weighted by Crippen LogP contribution is 2.27. The van der Waals surface area contributed by atoms with E-state index in [4.69, 9.17) is 16.3 Å². The predicted octanol–water partition coefficient (Wildman–Crippen LogP) is 2.27. The molecule has 0 atom stereocenters. The molecule has 0 spiro atoms. The number of amides is 1. The summed E-state index contributed by atoms with van der Waals surface area (Å²) < 4.78 is 25.3. The summed E-state index contributed by atoms with van der Waals surface area (Å²) in [4.78, 5) is 16.9. The fraction of sp³-hybridized carbons (Fsp3) is 0.0455. The van der Waals surface area contributed by atoms with Crippen molar-refractivity contribution in [1.82, 2.24) is 9.55 Å². The van der Waals surface area contributed by atoms with Gasteiger partial charge in [-0.15, -0.1) is 0 Å². The van der Waals surface area contributed by atoms with Crippen molar-refractivity contribution in [3.05, 3.63) is 78.6 Å². The van der Waals surface area contributed by atoms with Crippen LogP contribution >= 0.6 is 0 Å². The van der Waals surface area contributed by atoms with E-state index < -0.39 is 10.0 Å². The monoisotopic (exact) mass is 448 g/mol. The first-order chi connectivity index (χ1) is 15.2. The van der Waals surface area contributed by atoms with E-state index in [1.54, 1.807) is 71.6 Å². The van der Waals surface area contributed by atoms with E-state index >= 15 is 0 Å². The lowest BCUT2D eigenvalue weighted by Crippen LogP contribution is -2.18. The molecule has 0 aliphatic rings. The molecule has 10 heteroatoms. The second-order valence-corrected chi connectivity index (χ2v) is 8.69. The van der Waals surface area contributed by atoms with E-state index in [1.807, 2.05) is 0 Å². The zero-order valence-corrected chi connectivity index (χ0v) is 17.6. The molecule has 0 aliphatic carbocycles. The Morgan fingerprint density at radius 2 is 1.78 bits per heavy atom. The zero-order valence-electron chi connectivity index (χ0n) is 16.8. The normalized spacial score (nSPS) is 11.4. The molecule has 1 heterocycles. The molecular weight excluding hydrogens is 428 g/mol. The predicted molar refractivity (Wildman–Crippen MR) is 123 cm³/mol. The Bertz CT molecular complexity index is 1440. The van der Waals surface area contributed by atoms with Crippen molar-refractivity contribution < 1.29 is 13.2 Å². The topological polar surface area (TPSA) is 157 Å². The number of nitrogens with zero attached hydrogens (tertiary/aromatic N) is 2. The van der Waals surface area contributed by atoms with Gasteiger partial charge in [0.15, 0.2) is 0 Å². The molecule has 9 nitrogen and oxygen atoms in total. The van der Waals surface area contributed by atoms with Crippen LogP contribution in [0.3, 0.4) is 0 Å². The lowest BCUT2D eigenvalue weighted by Gasteiger charge is -2.10. The largest absolute Gasteiger partial charge is 0.384 e. The molecule has 0 radical (unpaired) electrons. The lowest BCUT2D eigenvalue weighted by atomic mass is 10.1. The Balaban J connectivity index is 1.52. The fourth-order valence-electron chi connectivity index (χ4n) is 3.39. The van der Waals surface area contributed by atoms with Gasteiger partial charge in [0.25, 0.3) is 0 Å². The number of aromatic nitrogens is 2. The number of rotatable bonds is 6. The van der Waals surface area contributed by atoms with Gasteiger partial charge in [-0.25, -0.2) is 18.5 Å². The number of hydrogen-bond acceptors (Lipinski definition) is 5. The first-order valence-corrected chi connectivity index (χ1v) is 11.1. The van der Waals surface area contributed by atoms with Crippen molar-refractivity contribution in [3.63, 3.8) is 0 Å². The summed E-state index contributed by atoms with van der Waals surface area (Å²) in [6.07, 6.45) is 1.56. The Morgan fingerprint density at radius 3 is 2.47 bits per heavy atom. The van der Waals surface area contributed by atoms with Crippen LogP contribution in [0.5, 0.6) is 0 Å². The molecule has 4 rings (SSSR count). The lowest BCUT2D eigenvalue weighted by molar-refractivity contribution is -0.116. The number of imidazole rings is 1. The molecule has 0 saturated heterocycles. The van der Waals surface area contributed by atoms with E-state index in [0.717, 1.165) is 0 Å². The van der Waals surface area contributed by atoms with Crippen LogP contribution in [0.25, 0.3) is 22.2 Å². The molecule has 3 aromatic carbocycles. The summed E-state index contributed by atoms with van der Waals surface area (Å²) in [6.45, 7) is 0.0217. The molecule has 4 aromatic rings. The van der Waals surface area contributed by atoms with Gasteiger partial charge in [0.05, 0.1) is 22.3 Å². The quantitative estimate of drug-likeness (QED) is 0.263. The number of nitrogens with two attached hydrogens (primary N) is 2. The number of hydrogen-bond donors (Lipinski definition) is 4. The fourth-order valence-corrected chi connectivity index (χ4v) is 4.15. The SMILES string of the molecule is N=C(N)c1ccc2ncn(CC(=O)Nc3ccc(-c4ccccc4S(N)(=O)=O)cc3)c2c1. The van der Waals surface area contributed by atoms with Gasteiger partial charge in [0, 0.05) is 16.8 Å². The molecule has 6 N–H and O–H groups in total. The Morgan fingerprint density at radius 1 is 1.06 bits per heavy atom. The summed E-state index contributed by atoms with van der Waals surface area (Å²) >= 11 is 0. The van der Waals surface area contributed by atoms with Gasteiger partial charge in [-0.1, -0.05) is 30.3 Å². The number of fused-ring (bicyclic) bond motifs is 1. The Kier molecular flexibility index (Phi) is 5.47. The average Bonchev–Trinajstić information content (AvgIpc) is 3.15. The second-order valence-electron chi connectivity index (χ2n) is 7.16. The second kappa shape index (κ2) is 8.25. The van der Waals surface area contributed by atoms with Gasteiger partial charge in [-0.3, -0.25) is 10.2 Å². The maximum Gasteiger partial charge on any atom is 0.244 e. The van der Waals surface area contributed by atoms with E-state index in [0.29, 0.717) is 33.4 Å². The number of sulfonamides is 1. The highest BCUT2D eigenvalue weighted by atomic mass is 32.2. The average molecular weight is 449 g/mol. The number of amidine groups is 1. The molecule has 162 valence electrons. The molecule has 0 unspecified atom stereocenters. The summed E-state index contributed by atoms with van der Waals surface area (Å²) in [5, 5.41) is 15.7. The van der Waals surface area contributed by atoms with Crippen LogP contribution in [0.4, 0.5) is 5.69 Å². The van der Waals surface area contributed by atoms with Gasteiger partial charge in [-0.05, 0) is 42.0 Å². The van der Waals surface area contributed by atoms with Crippen molar-refractivity contribution in [2.24, 2.45) is 10.9 Å². The van der Waals surface area contributed by atoms with Crippen molar-refractivity contribution in [2.45, 2.75) is 11.4 Å². The first kappa shape index (κ1) is 21.2. The molecule has 32 heavy (non-hydrogen) atoms.